The molecule has 0 rings (SSSR count). The Morgan fingerprint density at radius 2 is 2.00 bits per heavy atom. The third-order valence-electron chi connectivity index (χ3n) is 1.55. The molecule has 0 saturated carbocycles. The molecule has 0 aliphatic carbocycles. The molecule has 0 aliphatic rings. The predicted molar refractivity (Wildman–Crippen MR) is 52.0 cm³/mol. The van der Waals surface area contributed by atoms with Crippen LogP contribution in [-0.2, 0) is 4.74 Å². The molecule has 4 heteroatoms. The average molecular weight is 188 g/mol. The normalized spacial score (nSPS) is 11.6. The summed E-state index contributed by atoms with van der Waals surface area (Å²) in [7, 11) is 1.47. The van der Waals surface area contributed by atoms with E-state index in [4.69, 9.17) is 10.6 Å². The number of ether oxygens (including phenoxy) is 1. The summed E-state index contributed by atoms with van der Waals surface area (Å²) in [5.74, 6) is 5.72. The van der Waals surface area contributed by atoms with Crippen molar-refractivity contribution in [3.8, 4) is 0 Å². The predicted octanol–water partition coefficient (Wildman–Crippen LogP) is 1.75. The van der Waals surface area contributed by atoms with Crippen molar-refractivity contribution in [2.75, 3.05) is 7.05 Å². The summed E-state index contributed by atoms with van der Waals surface area (Å²) < 4.78 is 5.17. The van der Waals surface area contributed by atoms with Crippen LogP contribution in [0.25, 0.3) is 0 Å². The summed E-state index contributed by atoms with van der Waals surface area (Å²) in [5, 5.41) is 0.947. The quantitative estimate of drug-likeness (QED) is 0.417. The molecule has 0 fully saturated rings. The number of nitrogens with zero attached hydrogens (tertiary/aromatic N) is 1. The van der Waals surface area contributed by atoms with Gasteiger partial charge >= 0.3 is 6.09 Å². The summed E-state index contributed by atoms with van der Waals surface area (Å²) in [5.41, 5.74) is -0.446. The van der Waals surface area contributed by atoms with E-state index in [9.17, 15) is 4.79 Å². The molecular formula is C9H20N2O2. The molecule has 0 aliphatic heterocycles. The maximum absolute atomic E-state index is 11.1. The van der Waals surface area contributed by atoms with E-state index in [1.54, 1.807) is 0 Å². The van der Waals surface area contributed by atoms with Crippen LogP contribution in [0.2, 0.25) is 0 Å². The van der Waals surface area contributed by atoms with Crippen LogP contribution in [-0.4, -0.2) is 23.8 Å². The van der Waals surface area contributed by atoms with E-state index in [1.165, 1.54) is 7.05 Å². The van der Waals surface area contributed by atoms with E-state index in [-0.39, 0.29) is 0 Å². The van der Waals surface area contributed by atoms with Gasteiger partial charge in [0.15, 0.2) is 0 Å². The van der Waals surface area contributed by atoms with Gasteiger partial charge in [0.25, 0.3) is 0 Å². The Labute approximate surface area is 80.0 Å². The number of carbonyl (C=O) groups is 1. The second-order valence-corrected chi connectivity index (χ2v) is 4.34. The van der Waals surface area contributed by atoms with E-state index in [0.717, 1.165) is 11.4 Å². The zero-order valence-electron chi connectivity index (χ0n) is 9.13. The standard InChI is InChI=1S/C9H20N2O2/c1-7(2)6-9(3,4)13-8(12)11(5)10/h7H,6,10H2,1-5H3. The molecule has 1 amide bonds. The van der Waals surface area contributed by atoms with Crippen molar-refractivity contribution >= 4 is 6.09 Å². The molecule has 13 heavy (non-hydrogen) atoms. The van der Waals surface area contributed by atoms with Crippen molar-refractivity contribution in [2.45, 2.75) is 39.7 Å². The first-order valence-electron chi connectivity index (χ1n) is 4.46. The molecular weight excluding hydrogens is 168 g/mol. The molecule has 0 spiro atoms. The maximum Gasteiger partial charge on any atom is 0.424 e. The van der Waals surface area contributed by atoms with Crippen LogP contribution in [0.3, 0.4) is 0 Å². The Morgan fingerprint density at radius 3 is 2.31 bits per heavy atom. The number of nitrogens with two attached hydrogens (primary N) is 1. The molecule has 78 valence electrons. The SMILES string of the molecule is CC(C)CC(C)(C)OC(=O)N(C)N. The Morgan fingerprint density at radius 1 is 1.54 bits per heavy atom. The molecule has 0 unspecified atom stereocenters. The fraction of sp³-hybridized carbons (Fsp3) is 0.889. The number of hydrogen-bond donors (Lipinski definition) is 1. The zero-order chi connectivity index (χ0) is 10.6. The van der Waals surface area contributed by atoms with Crippen LogP contribution in [0.4, 0.5) is 4.79 Å². The molecule has 0 atom stereocenters. The number of hydrazine groups is 1. The van der Waals surface area contributed by atoms with E-state index in [0.29, 0.717) is 5.92 Å². The lowest BCUT2D eigenvalue weighted by atomic mass is 9.96. The lowest BCUT2D eigenvalue weighted by Gasteiger charge is -2.28. The highest BCUT2D eigenvalue weighted by molar-refractivity contribution is 5.66. The zero-order valence-corrected chi connectivity index (χ0v) is 9.13. The summed E-state index contributed by atoms with van der Waals surface area (Å²) in [6, 6.07) is 0. The molecule has 0 aromatic carbocycles. The molecule has 0 radical (unpaired) electrons. The van der Waals surface area contributed by atoms with Crippen molar-refractivity contribution in [3.63, 3.8) is 0 Å². The molecule has 4 nitrogen and oxygen atoms in total. The molecule has 0 saturated heterocycles. The Kier molecular flexibility index (Phi) is 4.20. The van der Waals surface area contributed by atoms with E-state index in [1.807, 2.05) is 13.8 Å². The summed E-state index contributed by atoms with van der Waals surface area (Å²) in [6.07, 6.45) is 0.331. The van der Waals surface area contributed by atoms with Crippen LogP contribution >= 0.6 is 0 Å². The van der Waals surface area contributed by atoms with Crippen LogP contribution in [0.1, 0.15) is 34.1 Å². The van der Waals surface area contributed by atoms with Crippen LogP contribution < -0.4 is 5.84 Å². The third kappa shape index (κ3) is 5.47. The molecule has 2 N–H and O–H groups in total. The van der Waals surface area contributed by atoms with Crippen molar-refractivity contribution in [1.82, 2.24) is 5.01 Å². The molecule has 0 bridgehead atoms. The first kappa shape index (κ1) is 12.2. The highest BCUT2D eigenvalue weighted by Gasteiger charge is 2.24. The van der Waals surface area contributed by atoms with Crippen molar-refractivity contribution in [2.24, 2.45) is 11.8 Å². The molecule has 0 aromatic rings. The number of rotatable bonds is 3. The lowest BCUT2D eigenvalue weighted by Crippen LogP contribution is -2.40. The van der Waals surface area contributed by atoms with Gasteiger partial charge in [-0.3, -0.25) is 0 Å². The Bertz CT molecular complexity index is 176. The lowest BCUT2D eigenvalue weighted by molar-refractivity contribution is 0.00523. The van der Waals surface area contributed by atoms with Crippen molar-refractivity contribution in [1.29, 1.82) is 0 Å². The minimum absolute atomic E-state index is 0.446. The van der Waals surface area contributed by atoms with Crippen LogP contribution in [0.15, 0.2) is 0 Å². The topological polar surface area (TPSA) is 55.6 Å². The fourth-order valence-corrected chi connectivity index (χ4v) is 1.33. The fourth-order valence-electron chi connectivity index (χ4n) is 1.33. The monoisotopic (exact) mass is 188 g/mol. The van der Waals surface area contributed by atoms with Gasteiger partial charge in [0.2, 0.25) is 0 Å². The van der Waals surface area contributed by atoms with Gasteiger partial charge in [0.05, 0.1) is 0 Å². The minimum atomic E-state index is -0.495. The highest BCUT2D eigenvalue weighted by Crippen LogP contribution is 2.20. The third-order valence-corrected chi connectivity index (χ3v) is 1.55. The largest absolute Gasteiger partial charge is 0.442 e. The van der Waals surface area contributed by atoms with Gasteiger partial charge in [-0.25, -0.2) is 15.6 Å². The van der Waals surface area contributed by atoms with Gasteiger partial charge in [-0.2, -0.15) is 0 Å². The van der Waals surface area contributed by atoms with E-state index in [2.05, 4.69) is 13.8 Å². The molecule has 0 heterocycles. The van der Waals surface area contributed by atoms with E-state index >= 15 is 0 Å². The first-order chi connectivity index (χ1) is 5.74. The minimum Gasteiger partial charge on any atom is -0.442 e. The van der Waals surface area contributed by atoms with Crippen LogP contribution in [0.5, 0.6) is 0 Å². The number of hydrogen-bond acceptors (Lipinski definition) is 3. The molecule has 0 aromatic heterocycles. The number of amides is 1. The van der Waals surface area contributed by atoms with Gasteiger partial charge in [-0.1, -0.05) is 13.8 Å². The summed E-state index contributed by atoms with van der Waals surface area (Å²) in [6.45, 7) is 7.94. The highest BCUT2D eigenvalue weighted by atomic mass is 16.6. The van der Waals surface area contributed by atoms with Gasteiger partial charge in [-0.15, -0.1) is 0 Å². The van der Waals surface area contributed by atoms with Crippen molar-refractivity contribution < 1.29 is 9.53 Å². The second kappa shape index (κ2) is 4.46. The van der Waals surface area contributed by atoms with Gasteiger partial charge in [0.1, 0.15) is 5.60 Å². The van der Waals surface area contributed by atoms with Gasteiger partial charge < -0.3 is 4.74 Å². The average Bonchev–Trinajstić information content (AvgIpc) is 1.81. The van der Waals surface area contributed by atoms with Gasteiger partial charge in [-0.05, 0) is 26.2 Å². The smallest absolute Gasteiger partial charge is 0.424 e. The first-order valence-corrected chi connectivity index (χ1v) is 4.46. The maximum atomic E-state index is 11.1. The van der Waals surface area contributed by atoms with Gasteiger partial charge in [0, 0.05) is 7.05 Å². The second-order valence-electron chi connectivity index (χ2n) is 4.34. The summed E-state index contributed by atoms with van der Waals surface area (Å²) >= 11 is 0. The Hall–Kier alpha value is -0.770. The summed E-state index contributed by atoms with van der Waals surface area (Å²) in [4.78, 5) is 11.1. The number of carbonyl (C=O) groups excluding carboxylic acids is 1. The van der Waals surface area contributed by atoms with E-state index < -0.39 is 11.7 Å². The van der Waals surface area contributed by atoms with Crippen molar-refractivity contribution in [3.05, 3.63) is 0 Å². The Balaban J connectivity index is 4.09. The van der Waals surface area contributed by atoms with Crippen LogP contribution in [0, 0.1) is 5.92 Å².